The smallest absolute Gasteiger partial charge is 0.0667 e. The Morgan fingerprint density at radius 3 is 2.67 bits per heavy atom. The van der Waals surface area contributed by atoms with E-state index in [1.165, 1.54) is 0 Å². The van der Waals surface area contributed by atoms with Crippen molar-refractivity contribution in [1.82, 2.24) is 10.2 Å². The molecule has 0 bridgehead atoms. The number of hydrogen-bond donors (Lipinski definition) is 2. The lowest BCUT2D eigenvalue weighted by molar-refractivity contribution is 0.0979. The van der Waals surface area contributed by atoms with Crippen molar-refractivity contribution in [3.05, 3.63) is 0 Å². The second-order valence-electron chi connectivity index (χ2n) is 3.49. The Hall–Kier alpha value is -0.120. The van der Waals surface area contributed by atoms with E-state index in [0.29, 0.717) is 0 Å². The lowest BCUT2D eigenvalue weighted by Crippen LogP contribution is -2.46. The monoisotopic (exact) mass is 172 g/mol. The fourth-order valence-corrected chi connectivity index (χ4v) is 1.62. The predicted octanol–water partition coefficient (Wildman–Crippen LogP) is 0.0526. The Labute approximate surface area is 74.8 Å². The summed E-state index contributed by atoms with van der Waals surface area (Å²) in [5.74, 6) is 0. The first-order valence-electron chi connectivity index (χ1n) is 4.94. The quantitative estimate of drug-likeness (QED) is 0.629. The molecule has 0 amide bonds. The molecule has 0 radical (unpaired) electrons. The third kappa shape index (κ3) is 3.52. The van der Waals surface area contributed by atoms with Gasteiger partial charge in [0.1, 0.15) is 0 Å². The molecule has 0 saturated carbocycles. The average molecular weight is 172 g/mol. The minimum absolute atomic E-state index is 0.118. The summed E-state index contributed by atoms with van der Waals surface area (Å²) in [4.78, 5) is 2.33. The summed E-state index contributed by atoms with van der Waals surface area (Å²) in [5.41, 5.74) is 0. The average Bonchev–Trinajstić information content (AvgIpc) is 2.06. The lowest BCUT2D eigenvalue weighted by atomic mass is 10.2. The van der Waals surface area contributed by atoms with Crippen molar-refractivity contribution in [2.45, 2.75) is 25.9 Å². The van der Waals surface area contributed by atoms with Crippen LogP contribution in [0.1, 0.15) is 19.8 Å². The summed E-state index contributed by atoms with van der Waals surface area (Å²) in [7, 11) is 0. The Balaban J connectivity index is 2.11. The van der Waals surface area contributed by atoms with E-state index in [1.54, 1.807) is 0 Å². The number of piperazine rings is 1. The van der Waals surface area contributed by atoms with Gasteiger partial charge in [-0.2, -0.15) is 0 Å². The fourth-order valence-electron chi connectivity index (χ4n) is 1.62. The van der Waals surface area contributed by atoms with Gasteiger partial charge in [0.25, 0.3) is 0 Å². The zero-order valence-corrected chi connectivity index (χ0v) is 7.92. The van der Waals surface area contributed by atoms with Gasteiger partial charge in [-0.05, 0) is 6.42 Å². The Bertz CT molecular complexity index is 113. The summed E-state index contributed by atoms with van der Waals surface area (Å²) in [6.45, 7) is 7.27. The minimum atomic E-state index is -0.118. The first-order chi connectivity index (χ1) is 5.83. The minimum Gasteiger partial charge on any atom is -0.392 e. The number of rotatable bonds is 4. The molecule has 72 valence electrons. The molecule has 1 fully saturated rings. The van der Waals surface area contributed by atoms with E-state index in [9.17, 15) is 5.11 Å². The van der Waals surface area contributed by atoms with Crippen LogP contribution < -0.4 is 5.32 Å². The van der Waals surface area contributed by atoms with E-state index in [1.807, 2.05) is 0 Å². The number of hydrogen-bond acceptors (Lipinski definition) is 3. The van der Waals surface area contributed by atoms with E-state index in [2.05, 4.69) is 17.1 Å². The summed E-state index contributed by atoms with van der Waals surface area (Å²) in [5, 5.41) is 12.8. The largest absolute Gasteiger partial charge is 0.392 e. The molecule has 1 heterocycles. The molecule has 1 atom stereocenters. The molecule has 0 aromatic carbocycles. The van der Waals surface area contributed by atoms with Crippen LogP contribution in [0.2, 0.25) is 0 Å². The predicted molar refractivity (Wildman–Crippen MR) is 50.2 cm³/mol. The second kappa shape index (κ2) is 5.51. The zero-order chi connectivity index (χ0) is 8.81. The van der Waals surface area contributed by atoms with Gasteiger partial charge < -0.3 is 10.4 Å². The lowest BCUT2D eigenvalue weighted by Gasteiger charge is -2.28. The standard InChI is InChI=1S/C9H20N2O/c1-2-3-9(12)8-11-6-4-10-5-7-11/h9-10,12H,2-8H2,1H3. The summed E-state index contributed by atoms with van der Waals surface area (Å²) >= 11 is 0. The highest BCUT2D eigenvalue weighted by atomic mass is 16.3. The van der Waals surface area contributed by atoms with Gasteiger partial charge in [-0.1, -0.05) is 13.3 Å². The van der Waals surface area contributed by atoms with Gasteiger partial charge in [0.05, 0.1) is 6.10 Å². The van der Waals surface area contributed by atoms with Crippen molar-refractivity contribution < 1.29 is 5.11 Å². The van der Waals surface area contributed by atoms with Crippen LogP contribution in [-0.2, 0) is 0 Å². The maximum atomic E-state index is 9.54. The van der Waals surface area contributed by atoms with Crippen LogP contribution >= 0.6 is 0 Å². The van der Waals surface area contributed by atoms with E-state index in [4.69, 9.17) is 0 Å². The maximum absolute atomic E-state index is 9.54. The van der Waals surface area contributed by atoms with Gasteiger partial charge in [-0.15, -0.1) is 0 Å². The number of nitrogens with zero attached hydrogens (tertiary/aromatic N) is 1. The van der Waals surface area contributed by atoms with Crippen LogP contribution in [0.4, 0.5) is 0 Å². The first kappa shape index (κ1) is 9.96. The molecule has 0 aliphatic carbocycles. The molecule has 1 aliphatic rings. The normalized spacial score (nSPS) is 22.5. The van der Waals surface area contributed by atoms with Crippen molar-refractivity contribution in [3.8, 4) is 0 Å². The molecule has 1 saturated heterocycles. The van der Waals surface area contributed by atoms with E-state index in [-0.39, 0.29) is 6.10 Å². The number of β-amino-alcohol motifs (C(OH)–C–C–N with tert-alkyl or cyclic N) is 1. The molecule has 1 rings (SSSR count). The zero-order valence-electron chi connectivity index (χ0n) is 7.92. The molecule has 1 unspecified atom stereocenters. The molecule has 0 spiro atoms. The van der Waals surface area contributed by atoms with Crippen LogP contribution in [0, 0.1) is 0 Å². The maximum Gasteiger partial charge on any atom is 0.0667 e. The van der Waals surface area contributed by atoms with Crippen LogP contribution in [0.3, 0.4) is 0 Å². The van der Waals surface area contributed by atoms with Crippen molar-refractivity contribution in [1.29, 1.82) is 0 Å². The first-order valence-corrected chi connectivity index (χ1v) is 4.94. The van der Waals surface area contributed by atoms with Crippen molar-refractivity contribution in [3.63, 3.8) is 0 Å². The van der Waals surface area contributed by atoms with Gasteiger partial charge in [0, 0.05) is 32.7 Å². The topological polar surface area (TPSA) is 35.5 Å². The van der Waals surface area contributed by atoms with E-state index in [0.717, 1.165) is 45.6 Å². The highest BCUT2D eigenvalue weighted by Gasteiger charge is 2.12. The Kier molecular flexibility index (Phi) is 4.58. The molecule has 3 heteroatoms. The SMILES string of the molecule is CCCC(O)CN1CCNCC1. The molecular formula is C9H20N2O. The van der Waals surface area contributed by atoms with Crippen molar-refractivity contribution >= 4 is 0 Å². The summed E-state index contributed by atoms with van der Waals surface area (Å²) in [6, 6.07) is 0. The molecule has 0 aromatic rings. The molecule has 0 aromatic heterocycles. The molecular weight excluding hydrogens is 152 g/mol. The number of aliphatic hydroxyl groups excluding tert-OH is 1. The molecule has 2 N–H and O–H groups in total. The molecule has 12 heavy (non-hydrogen) atoms. The third-order valence-corrected chi connectivity index (χ3v) is 2.30. The number of aliphatic hydroxyl groups is 1. The van der Waals surface area contributed by atoms with Crippen LogP contribution in [0.15, 0.2) is 0 Å². The molecule has 3 nitrogen and oxygen atoms in total. The second-order valence-corrected chi connectivity index (χ2v) is 3.49. The van der Waals surface area contributed by atoms with Gasteiger partial charge in [-0.3, -0.25) is 4.90 Å². The fraction of sp³-hybridized carbons (Fsp3) is 1.00. The highest BCUT2D eigenvalue weighted by Crippen LogP contribution is 2.00. The Morgan fingerprint density at radius 2 is 2.08 bits per heavy atom. The van der Waals surface area contributed by atoms with E-state index >= 15 is 0 Å². The van der Waals surface area contributed by atoms with Gasteiger partial charge in [0.15, 0.2) is 0 Å². The third-order valence-electron chi connectivity index (χ3n) is 2.30. The van der Waals surface area contributed by atoms with Gasteiger partial charge in [0.2, 0.25) is 0 Å². The van der Waals surface area contributed by atoms with Crippen molar-refractivity contribution in [2.75, 3.05) is 32.7 Å². The van der Waals surface area contributed by atoms with E-state index < -0.39 is 0 Å². The van der Waals surface area contributed by atoms with Gasteiger partial charge in [-0.25, -0.2) is 0 Å². The van der Waals surface area contributed by atoms with Crippen LogP contribution in [-0.4, -0.2) is 48.8 Å². The Morgan fingerprint density at radius 1 is 1.42 bits per heavy atom. The number of nitrogens with one attached hydrogen (secondary N) is 1. The van der Waals surface area contributed by atoms with Crippen molar-refractivity contribution in [2.24, 2.45) is 0 Å². The summed E-state index contributed by atoms with van der Waals surface area (Å²) < 4.78 is 0. The van der Waals surface area contributed by atoms with Crippen LogP contribution in [0.25, 0.3) is 0 Å². The highest BCUT2D eigenvalue weighted by molar-refractivity contribution is 4.70. The molecule has 1 aliphatic heterocycles. The van der Waals surface area contributed by atoms with Crippen LogP contribution in [0.5, 0.6) is 0 Å². The summed E-state index contributed by atoms with van der Waals surface area (Å²) in [6.07, 6.45) is 1.89. The van der Waals surface area contributed by atoms with Gasteiger partial charge >= 0.3 is 0 Å².